The fraction of sp³-hybridized carbons (Fsp3) is 0.0909. The molecule has 2 aromatic carbocycles. The Balaban J connectivity index is 1.78. The van der Waals surface area contributed by atoms with E-state index in [-0.39, 0.29) is 11.3 Å². The molecule has 1 N–H and O–H groups in total. The van der Waals surface area contributed by atoms with Crippen LogP contribution >= 0.6 is 11.6 Å². The Hall–Kier alpha value is -3.11. The Labute approximate surface area is 162 Å². The summed E-state index contributed by atoms with van der Waals surface area (Å²) in [4.78, 5) is 23.8. The van der Waals surface area contributed by atoms with E-state index in [1.165, 1.54) is 12.1 Å². The number of aryl methyl sites for hydroxylation is 1. The molecule has 0 saturated carbocycles. The average molecular weight is 380 g/mol. The van der Waals surface area contributed by atoms with Crippen molar-refractivity contribution in [2.75, 3.05) is 0 Å². The summed E-state index contributed by atoms with van der Waals surface area (Å²) in [5, 5.41) is 9.56. The fourth-order valence-electron chi connectivity index (χ4n) is 2.73. The number of hydrogen-bond acceptors (Lipinski definition) is 2. The molecule has 3 rings (SSSR count). The number of carboxylic acid groups (broad SMARTS) is 1. The van der Waals surface area contributed by atoms with Crippen LogP contribution < -0.4 is 0 Å². The number of allylic oxidation sites excluding steroid dienone is 1. The van der Waals surface area contributed by atoms with Crippen molar-refractivity contribution in [3.05, 3.63) is 99.8 Å². The van der Waals surface area contributed by atoms with Crippen molar-refractivity contribution in [3.63, 3.8) is 0 Å². The first kappa shape index (κ1) is 18.7. The second-order valence-electron chi connectivity index (χ2n) is 6.18. The number of benzene rings is 2. The normalized spacial score (nSPS) is 11.0. The minimum atomic E-state index is -1.00. The molecule has 0 saturated heterocycles. The van der Waals surface area contributed by atoms with Gasteiger partial charge in [0.1, 0.15) is 0 Å². The number of rotatable bonds is 6. The molecular formula is C22H18ClNO3. The van der Waals surface area contributed by atoms with Crippen LogP contribution in [0.3, 0.4) is 0 Å². The van der Waals surface area contributed by atoms with E-state index in [0.717, 1.165) is 5.56 Å². The summed E-state index contributed by atoms with van der Waals surface area (Å²) in [5.41, 5.74) is 3.13. The Morgan fingerprint density at radius 2 is 1.78 bits per heavy atom. The van der Waals surface area contributed by atoms with Crippen LogP contribution in [0, 0.1) is 6.92 Å². The lowest BCUT2D eigenvalue weighted by Crippen LogP contribution is -2.09. The first-order chi connectivity index (χ1) is 13.0. The van der Waals surface area contributed by atoms with Gasteiger partial charge in [-0.3, -0.25) is 4.79 Å². The zero-order valence-corrected chi connectivity index (χ0v) is 15.5. The van der Waals surface area contributed by atoms with Gasteiger partial charge in [-0.2, -0.15) is 0 Å². The zero-order chi connectivity index (χ0) is 19.4. The van der Waals surface area contributed by atoms with Gasteiger partial charge in [0.2, 0.25) is 5.78 Å². The number of aromatic nitrogens is 1. The number of carbonyl (C=O) groups excluding carboxylic acids is 1. The lowest BCUT2D eigenvalue weighted by atomic mass is 10.1. The van der Waals surface area contributed by atoms with Crippen LogP contribution in [0.4, 0.5) is 0 Å². The highest BCUT2D eigenvalue weighted by molar-refractivity contribution is 6.32. The molecule has 0 aliphatic carbocycles. The number of aromatic carboxylic acids is 1. The van der Waals surface area contributed by atoms with Gasteiger partial charge in [-0.15, -0.1) is 0 Å². The van der Waals surface area contributed by atoms with E-state index in [4.69, 9.17) is 16.7 Å². The van der Waals surface area contributed by atoms with E-state index < -0.39 is 5.97 Å². The zero-order valence-electron chi connectivity index (χ0n) is 14.7. The van der Waals surface area contributed by atoms with Gasteiger partial charge in [0.05, 0.1) is 11.3 Å². The number of ketones is 1. The molecule has 0 bridgehead atoms. The third kappa shape index (κ3) is 4.36. The molecular weight excluding hydrogens is 362 g/mol. The van der Waals surface area contributed by atoms with E-state index in [1.807, 2.05) is 54.1 Å². The van der Waals surface area contributed by atoms with Crippen LogP contribution in [0.15, 0.2) is 66.9 Å². The maximum atomic E-state index is 12.7. The summed E-state index contributed by atoms with van der Waals surface area (Å²) in [6.45, 7) is 2.44. The Bertz CT molecular complexity index is 1020. The number of carboxylic acids is 1. The van der Waals surface area contributed by atoms with Gasteiger partial charge in [-0.05, 0) is 42.8 Å². The highest BCUT2D eigenvalue weighted by Gasteiger charge is 2.12. The molecule has 1 heterocycles. The highest BCUT2D eigenvalue weighted by atomic mass is 35.5. The summed E-state index contributed by atoms with van der Waals surface area (Å²) in [7, 11) is 0. The molecule has 0 atom stereocenters. The predicted molar refractivity (Wildman–Crippen MR) is 106 cm³/mol. The van der Waals surface area contributed by atoms with Crippen LogP contribution in [0.2, 0.25) is 5.02 Å². The third-order valence-electron chi connectivity index (χ3n) is 4.22. The molecule has 0 spiro atoms. The van der Waals surface area contributed by atoms with Gasteiger partial charge < -0.3 is 9.67 Å². The van der Waals surface area contributed by atoms with Crippen molar-refractivity contribution in [3.8, 4) is 0 Å². The number of halogens is 1. The van der Waals surface area contributed by atoms with Crippen molar-refractivity contribution in [1.82, 2.24) is 4.57 Å². The molecule has 0 aliphatic rings. The van der Waals surface area contributed by atoms with Crippen LogP contribution in [-0.4, -0.2) is 21.4 Å². The van der Waals surface area contributed by atoms with Gasteiger partial charge in [-0.25, -0.2) is 4.79 Å². The maximum absolute atomic E-state index is 12.7. The highest BCUT2D eigenvalue weighted by Crippen LogP contribution is 2.20. The standard InChI is InChI=1S/C22H18ClNO3/c1-15-6-8-16(9-7-15)21(25)20-5-3-13-24(20)12-2-4-17-14-18(22(26)27)10-11-19(17)23/h2-11,13-14H,12H2,1H3,(H,26,27)/b4-2+. The molecule has 5 heteroatoms. The number of hydrogen-bond donors (Lipinski definition) is 1. The van der Waals surface area contributed by atoms with Crippen molar-refractivity contribution in [1.29, 1.82) is 0 Å². The second kappa shape index (κ2) is 8.06. The average Bonchev–Trinajstić information content (AvgIpc) is 3.11. The lowest BCUT2D eigenvalue weighted by molar-refractivity contribution is 0.0696. The van der Waals surface area contributed by atoms with Crippen molar-refractivity contribution in [2.24, 2.45) is 0 Å². The smallest absolute Gasteiger partial charge is 0.335 e. The Kier molecular flexibility index (Phi) is 5.57. The molecule has 3 aromatic rings. The van der Waals surface area contributed by atoms with Gasteiger partial charge in [-0.1, -0.05) is 53.6 Å². The van der Waals surface area contributed by atoms with Crippen LogP contribution in [0.5, 0.6) is 0 Å². The summed E-state index contributed by atoms with van der Waals surface area (Å²) in [6, 6.07) is 15.6. The maximum Gasteiger partial charge on any atom is 0.335 e. The van der Waals surface area contributed by atoms with E-state index in [1.54, 1.807) is 18.2 Å². The largest absolute Gasteiger partial charge is 0.478 e. The molecule has 0 fully saturated rings. The van der Waals surface area contributed by atoms with Gasteiger partial charge >= 0.3 is 5.97 Å². The van der Waals surface area contributed by atoms with Gasteiger partial charge in [0.15, 0.2) is 0 Å². The fourth-order valence-corrected chi connectivity index (χ4v) is 2.91. The minimum Gasteiger partial charge on any atom is -0.478 e. The Morgan fingerprint density at radius 1 is 1.07 bits per heavy atom. The van der Waals surface area contributed by atoms with Crippen molar-refractivity contribution >= 4 is 29.4 Å². The van der Waals surface area contributed by atoms with E-state index in [9.17, 15) is 9.59 Å². The van der Waals surface area contributed by atoms with Gasteiger partial charge in [0.25, 0.3) is 0 Å². The summed E-state index contributed by atoms with van der Waals surface area (Å²) >= 11 is 6.13. The minimum absolute atomic E-state index is 0.0423. The molecule has 0 aliphatic heterocycles. The quantitative estimate of drug-likeness (QED) is 0.606. The molecule has 1 aromatic heterocycles. The Morgan fingerprint density at radius 3 is 2.48 bits per heavy atom. The molecule has 0 amide bonds. The monoisotopic (exact) mass is 379 g/mol. The first-order valence-electron chi connectivity index (χ1n) is 8.41. The van der Waals surface area contributed by atoms with Gasteiger partial charge in [0, 0.05) is 23.3 Å². The van der Waals surface area contributed by atoms with E-state index in [2.05, 4.69) is 0 Å². The van der Waals surface area contributed by atoms with E-state index >= 15 is 0 Å². The molecule has 136 valence electrons. The molecule has 27 heavy (non-hydrogen) atoms. The SMILES string of the molecule is Cc1ccc(C(=O)c2cccn2C/C=C/c2cc(C(=O)O)ccc2Cl)cc1. The summed E-state index contributed by atoms with van der Waals surface area (Å²) < 4.78 is 1.84. The van der Waals surface area contributed by atoms with E-state index in [0.29, 0.717) is 28.4 Å². The second-order valence-corrected chi connectivity index (χ2v) is 6.59. The third-order valence-corrected chi connectivity index (χ3v) is 4.56. The molecule has 0 unspecified atom stereocenters. The topological polar surface area (TPSA) is 59.3 Å². The van der Waals surface area contributed by atoms with Crippen LogP contribution in [-0.2, 0) is 6.54 Å². The number of carbonyl (C=O) groups is 2. The summed E-state index contributed by atoms with van der Waals surface area (Å²) in [5.74, 6) is -1.04. The van der Waals surface area contributed by atoms with Crippen molar-refractivity contribution < 1.29 is 14.7 Å². The number of nitrogens with zero attached hydrogens (tertiary/aromatic N) is 1. The van der Waals surface area contributed by atoms with Crippen molar-refractivity contribution in [2.45, 2.75) is 13.5 Å². The molecule has 0 radical (unpaired) electrons. The van der Waals surface area contributed by atoms with Crippen LogP contribution in [0.25, 0.3) is 6.08 Å². The molecule has 4 nitrogen and oxygen atoms in total. The summed E-state index contributed by atoms with van der Waals surface area (Å²) in [6.07, 6.45) is 5.44. The first-order valence-corrected chi connectivity index (χ1v) is 8.79. The lowest BCUT2D eigenvalue weighted by Gasteiger charge is -2.07. The van der Waals surface area contributed by atoms with Crippen LogP contribution in [0.1, 0.15) is 37.5 Å². The predicted octanol–water partition coefficient (Wildman–Crippen LogP) is 5.09.